The Hall–Kier alpha value is -1.61. The van der Waals surface area contributed by atoms with E-state index in [1.54, 1.807) is 0 Å². The number of hydrogen-bond donors (Lipinski definition) is 2. The Bertz CT molecular complexity index is 456. The van der Waals surface area contributed by atoms with Gasteiger partial charge in [0.05, 0.1) is 11.7 Å². The standard InChI is InChI=1S/C11H13N3/c1-8(5-6-12)10-4-2-3-9-7-13-14-11(9)10/h2-4,7H,1,5-6,12H2,(H,13,14). The van der Waals surface area contributed by atoms with E-state index in [4.69, 9.17) is 5.73 Å². The molecule has 0 saturated carbocycles. The number of benzene rings is 1. The number of nitrogens with two attached hydrogens (primary N) is 1. The van der Waals surface area contributed by atoms with E-state index in [0.717, 1.165) is 28.5 Å². The summed E-state index contributed by atoms with van der Waals surface area (Å²) in [6.07, 6.45) is 2.63. The third kappa shape index (κ3) is 1.42. The van der Waals surface area contributed by atoms with Gasteiger partial charge in [-0.3, -0.25) is 5.10 Å². The van der Waals surface area contributed by atoms with Gasteiger partial charge < -0.3 is 5.73 Å². The third-order valence-corrected chi connectivity index (χ3v) is 2.30. The van der Waals surface area contributed by atoms with Gasteiger partial charge in [0.1, 0.15) is 0 Å². The molecule has 0 amide bonds. The monoisotopic (exact) mass is 187 g/mol. The molecule has 0 bridgehead atoms. The summed E-state index contributed by atoms with van der Waals surface area (Å²) in [5.41, 5.74) is 8.72. The Morgan fingerprint density at radius 3 is 3.14 bits per heavy atom. The molecule has 0 aliphatic heterocycles. The molecule has 3 heteroatoms. The molecule has 1 aromatic heterocycles. The zero-order valence-corrected chi connectivity index (χ0v) is 7.96. The molecule has 1 heterocycles. The maximum Gasteiger partial charge on any atom is 0.0725 e. The number of nitrogens with zero attached hydrogens (tertiary/aromatic N) is 1. The van der Waals surface area contributed by atoms with Gasteiger partial charge in [-0.1, -0.05) is 24.8 Å². The van der Waals surface area contributed by atoms with Crippen LogP contribution < -0.4 is 5.73 Å². The third-order valence-electron chi connectivity index (χ3n) is 2.30. The molecule has 3 nitrogen and oxygen atoms in total. The predicted molar refractivity (Wildman–Crippen MR) is 58.8 cm³/mol. The number of aromatic amines is 1. The molecule has 14 heavy (non-hydrogen) atoms. The second-order valence-corrected chi connectivity index (χ2v) is 3.28. The SMILES string of the molecule is C=C(CCN)c1cccc2cn[nH]c12. The van der Waals surface area contributed by atoms with Gasteiger partial charge in [0.25, 0.3) is 0 Å². The summed E-state index contributed by atoms with van der Waals surface area (Å²) in [5, 5.41) is 8.09. The molecule has 0 radical (unpaired) electrons. The Kier molecular flexibility index (Phi) is 2.33. The van der Waals surface area contributed by atoms with Crippen LogP contribution in [0.15, 0.2) is 31.0 Å². The van der Waals surface area contributed by atoms with E-state index < -0.39 is 0 Å². The molecule has 0 unspecified atom stereocenters. The lowest BCUT2D eigenvalue weighted by molar-refractivity contribution is 1.02. The van der Waals surface area contributed by atoms with Crippen LogP contribution in [0.1, 0.15) is 12.0 Å². The normalized spacial score (nSPS) is 10.6. The van der Waals surface area contributed by atoms with E-state index in [2.05, 4.69) is 16.8 Å². The Labute approximate surface area is 82.6 Å². The second kappa shape index (κ2) is 3.64. The average Bonchev–Trinajstić information content (AvgIpc) is 2.65. The quantitative estimate of drug-likeness (QED) is 0.771. The minimum Gasteiger partial charge on any atom is -0.330 e. The molecular weight excluding hydrogens is 174 g/mol. The van der Waals surface area contributed by atoms with Gasteiger partial charge in [-0.05, 0) is 18.5 Å². The summed E-state index contributed by atoms with van der Waals surface area (Å²) in [7, 11) is 0. The number of nitrogens with one attached hydrogen (secondary N) is 1. The number of aromatic nitrogens is 2. The van der Waals surface area contributed by atoms with Crippen molar-refractivity contribution in [2.45, 2.75) is 6.42 Å². The van der Waals surface area contributed by atoms with E-state index in [9.17, 15) is 0 Å². The van der Waals surface area contributed by atoms with E-state index in [0.29, 0.717) is 6.54 Å². The van der Waals surface area contributed by atoms with Crippen LogP contribution in [-0.2, 0) is 0 Å². The first-order valence-corrected chi connectivity index (χ1v) is 4.63. The van der Waals surface area contributed by atoms with Crippen LogP contribution in [0.25, 0.3) is 16.5 Å². The zero-order chi connectivity index (χ0) is 9.97. The molecule has 0 atom stereocenters. The van der Waals surface area contributed by atoms with Crippen LogP contribution in [0, 0.1) is 0 Å². The predicted octanol–water partition coefficient (Wildman–Crippen LogP) is 1.92. The van der Waals surface area contributed by atoms with Crippen molar-refractivity contribution in [3.05, 3.63) is 36.5 Å². The van der Waals surface area contributed by atoms with E-state index in [1.807, 2.05) is 24.4 Å². The maximum atomic E-state index is 5.50. The first kappa shape index (κ1) is 8.97. The van der Waals surface area contributed by atoms with Gasteiger partial charge >= 0.3 is 0 Å². The number of rotatable bonds is 3. The molecule has 0 aliphatic carbocycles. The van der Waals surface area contributed by atoms with Gasteiger partial charge in [0.15, 0.2) is 0 Å². The first-order valence-electron chi connectivity index (χ1n) is 4.63. The van der Waals surface area contributed by atoms with Gasteiger partial charge in [-0.2, -0.15) is 5.10 Å². The van der Waals surface area contributed by atoms with Crippen molar-refractivity contribution in [1.29, 1.82) is 0 Å². The minimum atomic E-state index is 0.628. The van der Waals surface area contributed by atoms with Crippen LogP contribution >= 0.6 is 0 Å². The fourth-order valence-corrected chi connectivity index (χ4v) is 1.57. The van der Waals surface area contributed by atoms with Crippen molar-refractivity contribution >= 4 is 16.5 Å². The van der Waals surface area contributed by atoms with Gasteiger partial charge in [-0.25, -0.2) is 0 Å². The van der Waals surface area contributed by atoms with Gasteiger partial charge in [0.2, 0.25) is 0 Å². The number of para-hydroxylation sites is 1. The lowest BCUT2D eigenvalue weighted by Crippen LogP contribution is -1.99. The van der Waals surface area contributed by atoms with Gasteiger partial charge in [0, 0.05) is 10.9 Å². The molecule has 0 saturated heterocycles. The second-order valence-electron chi connectivity index (χ2n) is 3.28. The lowest BCUT2D eigenvalue weighted by atomic mass is 10.0. The zero-order valence-electron chi connectivity index (χ0n) is 7.96. The first-order chi connectivity index (χ1) is 6.83. The largest absolute Gasteiger partial charge is 0.330 e. The molecular formula is C11H13N3. The Morgan fingerprint density at radius 1 is 1.50 bits per heavy atom. The smallest absolute Gasteiger partial charge is 0.0725 e. The highest BCUT2D eigenvalue weighted by Gasteiger charge is 2.04. The molecule has 0 spiro atoms. The number of fused-ring (bicyclic) bond motifs is 1. The average molecular weight is 187 g/mol. The molecule has 1 aromatic carbocycles. The van der Waals surface area contributed by atoms with Crippen molar-refractivity contribution < 1.29 is 0 Å². The van der Waals surface area contributed by atoms with Crippen LogP contribution in [0.5, 0.6) is 0 Å². The highest BCUT2D eigenvalue weighted by molar-refractivity contribution is 5.90. The van der Waals surface area contributed by atoms with Gasteiger partial charge in [-0.15, -0.1) is 0 Å². The van der Waals surface area contributed by atoms with Crippen molar-refractivity contribution in [1.82, 2.24) is 10.2 Å². The Balaban J connectivity index is 2.50. The summed E-state index contributed by atoms with van der Waals surface area (Å²) in [5.74, 6) is 0. The van der Waals surface area contributed by atoms with E-state index >= 15 is 0 Å². The van der Waals surface area contributed by atoms with Crippen LogP contribution in [0.4, 0.5) is 0 Å². The summed E-state index contributed by atoms with van der Waals surface area (Å²) in [4.78, 5) is 0. The van der Waals surface area contributed by atoms with Crippen LogP contribution in [0.2, 0.25) is 0 Å². The molecule has 3 N–H and O–H groups in total. The Morgan fingerprint density at radius 2 is 2.36 bits per heavy atom. The minimum absolute atomic E-state index is 0.628. The summed E-state index contributed by atoms with van der Waals surface area (Å²) >= 11 is 0. The summed E-state index contributed by atoms with van der Waals surface area (Å²) in [6.45, 7) is 4.64. The fourth-order valence-electron chi connectivity index (χ4n) is 1.57. The van der Waals surface area contributed by atoms with Crippen molar-refractivity contribution in [3.8, 4) is 0 Å². The molecule has 0 fully saturated rings. The summed E-state index contributed by atoms with van der Waals surface area (Å²) < 4.78 is 0. The fraction of sp³-hybridized carbons (Fsp3) is 0.182. The molecule has 72 valence electrons. The number of H-pyrrole nitrogens is 1. The highest BCUT2D eigenvalue weighted by atomic mass is 15.1. The highest BCUT2D eigenvalue weighted by Crippen LogP contribution is 2.23. The van der Waals surface area contributed by atoms with Crippen LogP contribution in [0.3, 0.4) is 0 Å². The van der Waals surface area contributed by atoms with E-state index in [1.165, 1.54) is 0 Å². The molecule has 2 rings (SSSR count). The lowest BCUT2D eigenvalue weighted by Gasteiger charge is -2.04. The maximum absolute atomic E-state index is 5.50. The van der Waals surface area contributed by atoms with Crippen LogP contribution in [-0.4, -0.2) is 16.7 Å². The van der Waals surface area contributed by atoms with Crippen molar-refractivity contribution in [2.75, 3.05) is 6.54 Å². The topological polar surface area (TPSA) is 54.7 Å². The number of hydrogen-bond acceptors (Lipinski definition) is 2. The van der Waals surface area contributed by atoms with Crippen molar-refractivity contribution in [3.63, 3.8) is 0 Å². The molecule has 2 aromatic rings. The van der Waals surface area contributed by atoms with Crippen molar-refractivity contribution in [2.24, 2.45) is 5.73 Å². The van der Waals surface area contributed by atoms with E-state index in [-0.39, 0.29) is 0 Å². The summed E-state index contributed by atoms with van der Waals surface area (Å²) in [6, 6.07) is 6.07. The molecule has 0 aliphatic rings.